The van der Waals surface area contributed by atoms with Gasteiger partial charge in [0.05, 0.1) is 28.8 Å². The van der Waals surface area contributed by atoms with Gasteiger partial charge in [-0.05, 0) is 62.4 Å². The van der Waals surface area contributed by atoms with Crippen LogP contribution in [-0.4, -0.2) is 42.7 Å². The number of carbonyl (C=O) groups excluding carboxylic acids is 2. The maximum Gasteiger partial charge on any atom is 0.276 e. The second kappa shape index (κ2) is 8.88. The predicted octanol–water partition coefficient (Wildman–Crippen LogP) is 2.98. The summed E-state index contributed by atoms with van der Waals surface area (Å²) >= 11 is 0. The Bertz CT molecular complexity index is 1610. The van der Waals surface area contributed by atoms with Crippen LogP contribution in [0.4, 0.5) is 11.5 Å². The zero-order chi connectivity index (χ0) is 25.7. The summed E-state index contributed by atoms with van der Waals surface area (Å²) in [5.41, 5.74) is 8.84. The number of hydrogen-bond acceptors (Lipinski definition) is 6. The molecule has 6 rings (SSSR count). The highest BCUT2D eigenvalue weighted by molar-refractivity contribution is 6.09. The number of nitrogens with one attached hydrogen (secondary N) is 1. The number of rotatable bonds is 5. The topological polar surface area (TPSA) is 107 Å². The van der Waals surface area contributed by atoms with Crippen LogP contribution in [0.1, 0.15) is 50.6 Å². The number of nitrogens with zero attached hydrogens (tertiary/aromatic N) is 6. The Labute approximate surface area is 213 Å². The first kappa shape index (κ1) is 23.0. The van der Waals surface area contributed by atoms with Gasteiger partial charge in [-0.15, -0.1) is 0 Å². The average molecular weight is 498 g/mol. The van der Waals surface area contributed by atoms with Gasteiger partial charge in [-0.2, -0.15) is 9.89 Å². The van der Waals surface area contributed by atoms with E-state index >= 15 is 0 Å². The van der Waals surface area contributed by atoms with Crippen LogP contribution in [-0.2, 0) is 26.4 Å². The quantitative estimate of drug-likeness (QED) is 0.425. The first-order valence-electron chi connectivity index (χ1n) is 12.4. The molecular formula is C27H27N7O3. The molecule has 2 aliphatic rings. The number of aryl methyl sites for hydroxylation is 2. The molecule has 5 heterocycles. The first-order valence-corrected chi connectivity index (χ1v) is 12.4. The monoisotopic (exact) mass is 497 g/mol. The van der Waals surface area contributed by atoms with Crippen molar-refractivity contribution in [2.24, 2.45) is 7.05 Å². The first-order chi connectivity index (χ1) is 18.0. The van der Waals surface area contributed by atoms with Gasteiger partial charge in [-0.1, -0.05) is 0 Å². The molecule has 4 aromatic rings. The fourth-order valence-electron chi connectivity index (χ4n) is 5.49. The van der Waals surface area contributed by atoms with Gasteiger partial charge in [-0.3, -0.25) is 24.7 Å². The summed E-state index contributed by atoms with van der Waals surface area (Å²) in [5, 5.41) is 4.27. The summed E-state index contributed by atoms with van der Waals surface area (Å²) in [6.07, 6.45) is 8.21. The van der Waals surface area contributed by atoms with Crippen molar-refractivity contribution in [1.82, 2.24) is 24.0 Å². The van der Waals surface area contributed by atoms with E-state index < -0.39 is 0 Å². The third-order valence-electron chi connectivity index (χ3n) is 7.39. The lowest BCUT2D eigenvalue weighted by atomic mass is 9.98. The highest BCUT2D eigenvalue weighted by atomic mass is 16.2. The van der Waals surface area contributed by atoms with Crippen LogP contribution in [0.15, 0.2) is 47.5 Å². The fraction of sp³-hybridized carbons (Fsp3) is 0.296. The second-order valence-corrected chi connectivity index (χ2v) is 9.52. The fourth-order valence-corrected chi connectivity index (χ4v) is 5.49. The Morgan fingerprint density at radius 2 is 1.86 bits per heavy atom. The van der Waals surface area contributed by atoms with E-state index in [1.54, 1.807) is 41.3 Å². The van der Waals surface area contributed by atoms with Crippen molar-refractivity contribution in [2.45, 2.75) is 39.2 Å². The van der Waals surface area contributed by atoms with E-state index in [1.807, 2.05) is 19.1 Å². The Morgan fingerprint density at radius 1 is 1.03 bits per heavy atom. The number of aldehydes is 1. The van der Waals surface area contributed by atoms with Crippen LogP contribution in [0.5, 0.6) is 0 Å². The van der Waals surface area contributed by atoms with Crippen molar-refractivity contribution in [3.05, 3.63) is 81.3 Å². The molecule has 1 N–H and O–H groups in total. The summed E-state index contributed by atoms with van der Waals surface area (Å²) in [5.74, 6) is 0.126. The minimum atomic E-state index is -0.231. The third-order valence-corrected chi connectivity index (χ3v) is 7.39. The van der Waals surface area contributed by atoms with Gasteiger partial charge < -0.3 is 9.13 Å². The summed E-state index contributed by atoms with van der Waals surface area (Å²) in [6.45, 7) is 2.96. The van der Waals surface area contributed by atoms with Crippen molar-refractivity contribution >= 4 is 23.7 Å². The van der Waals surface area contributed by atoms with Crippen molar-refractivity contribution < 1.29 is 9.59 Å². The number of amides is 1. The number of pyridine rings is 2. The smallest absolute Gasteiger partial charge is 0.276 e. The molecule has 188 valence electrons. The molecule has 1 amide bonds. The van der Waals surface area contributed by atoms with Crippen LogP contribution in [0.25, 0.3) is 11.3 Å². The van der Waals surface area contributed by atoms with E-state index in [-0.39, 0.29) is 17.0 Å². The molecule has 10 nitrogen and oxygen atoms in total. The van der Waals surface area contributed by atoms with Gasteiger partial charge in [0.25, 0.3) is 11.5 Å². The number of carbonyl (C=O) groups is 2. The molecule has 4 aromatic heterocycles. The molecule has 10 heteroatoms. The summed E-state index contributed by atoms with van der Waals surface area (Å²) in [6, 6.07) is 8.67. The molecular weight excluding hydrogens is 470 g/mol. The number of fused-ring (bicyclic) bond motifs is 3. The summed E-state index contributed by atoms with van der Waals surface area (Å²) in [7, 11) is 1.65. The molecule has 37 heavy (non-hydrogen) atoms. The predicted molar refractivity (Wildman–Crippen MR) is 139 cm³/mol. The maximum absolute atomic E-state index is 13.7. The van der Waals surface area contributed by atoms with Gasteiger partial charge in [-0.25, -0.2) is 4.98 Å². The van der Waals surface area contributed by atoms with Gasteiger partial charge in [0.15, 0.2) is 6.29 Å². The highest BCUT2D eigenvalue weighted by Gasteiger charge is 2.32. The molecule has 1 aliphatic heterocycles. The lowest BCUT2D eigenvalue weighted by Gasteiger charge is -2.30. The van der Waals surface area contributed by atoms with Gasteiger partial charge in [0.1, 0.15) is 11.5 Å². The Kier molecular flexibility index (Phi) is 5.51. The second-order valence-electron chi connectivity index (χ2n) is 9.52. The molecule has 0 saturated carbocycles. The third kappa shape index (κ3) is 3.67. The van der Waals surface area contributed by atoms with Crippen LogP contribution in [0, 0.1) is 6.92 Å². The van der Waals surface area contributed by atoms with Crippen LogP contribution in [0.3, 0.4) is 0 Å². The van der Waals surface area contributed by atoms with Crippen molar-refractivity contribution in [2.75, 3.05) is 16.9 Å². The van der Waals surface area contributed by atoms with Crippen LogP contribution < -0.4 is 15.9 Å². The minimum absolute atomic E-state index is 0.166. The normalized spacial score (nSPS) is 14.9. The molecule has 0 atom stereocenters. The lowest BCUT2D eigenvalue weighted by molar-refractivity contribution is 0.0963. The Balaban J connectivity index is 1.46. The molecule has 0 bridgehead atoms. The molecule has 1 aliphatic carbocycles. The molecule has 0 unspecified atom stereocenters. The summed E-state index contributed by atoms with van der Waals surface area (Å²) < 4.78 is 3.61. The van der Waals surface area contributed by atoms with Gasteiger partial charge in [0.2, 0.25) is 0 Å². The molecule has 0 radical (unpaired) electrons. The molecule has 0 fully saturated rings. The minimum Gasteiger partial charge on any atom is -0.339 e. The van der Waals surface area contributed by atoms with E-state index in [0.29, 0.717) is 47.8 Å². The molecule has 0 aromatic carbocycles. The van der Waals surface area contributed by atoms with E-state index in [1.165, 1.54) is 21.9 Å². The zero-order valence-electron chi connectivity index (χ0n) is 20.8. The average Bonchev–Trinajstić information content (AvgIpc) is 3.50. The Hall–Kier alpha value is -4.47. The zero-order valence-corrected chi connectivity index (χ0v) is 20.8. The Morgan fingerprint density at radius 3 is 2.65 bits per heavy atom. The maximum atomic E-state index is 13.7. The SMILES string of the molecule is Cc1ccnn1Nc1ccc(=O)n(C)c1-c1ccnc(N2CCn3c(cc4c3CCCC4)C2=O)c1C=O. The van der Waals surface area contributed by atoms with Crippen molar-refractivity contribution in [3.8, 4) is 11.3 Å². The lowest BCUT2D eigenvalue weighted by Crippen LogP contribution is -2.41. The number of hydrogen-bond donors (Lipinski definition) is 1. The molecule has 0 spiro atoms. The van der Waals surface area contributed by atoms with E-state index in [2.05, 4.69) is 20.1 Å². The summed E-state index contributed by atoms with van der Waals surface area (Å²) in [4.78, 5) is 46.5. The highest BCUT2D eigenvalue weighted by Crippen LogP contribution is 2.35. The van der Waals surface area contributed by atoms with E-state index in [9.17, 15) is 14.4 Å². The van der Waals surface area contributed by atoms with E-state index in [0.717, 1.165) is 31.4 Å². The van der Waals surface area contributed by atoms with Crippen molar-refractivity contribution in [1.29, 1.82) is 0 Å². The largest absolute Gasteiger partial charge is 0.339 e. The van der Waals surface area contributed by atoms with E-state index in [4.69, 9.17) is 0 Å². The van der Waals surface area contributed by atoms with Gasteiger partial charge in [0, 0.05) is 43.7 Å². The van der Waals surface area contributed by atoms with Gasteiger partial charge >= 0.3 is 0 Å². The molecule has 0 saturated heterocycles. The van der Waals surface area contributed by atoms with Crippen LogP contribution >= 0.6 is 0 Å². The number of aromatic nitrogens is 5. The standard InChI is InChI=1S/C27H27N7O3/c1-17-9-12-29-34(17)30-21-7-8-24(36)31(2)25(21)19-10-11-28-26(20(19)16-35)33-14-13-32-22-6-4-3-5-18(22)15-23(32)27(33)37/h7-12,15-16,30H,3-6,13-14H2,1-2H3. The van der Waals surface area contributed by atoms with Crippen molar-refractivity contribution in [3.63, 3.8) is 0 Å². The van der Waals surface area contributed by atoms with Crippen LogP contribution in [0.2, 0.25) is 0 Å². The number of anilines is 2.